The van der Waals surface area contributed by atoms with E-state index in [-0.39, 0.29) is 11.9 Å². The lowest BCUT2D eigenvalue weighted by molar-refractivity contribution is 0.414. The van der Waals surface area contributed by atoms with Gasteiger partial charge < -0.3 is 10.1 Å². The lowest BCUT2D eigenvalue weighted by Crippen LogP contribution is -2.18. The highest BCUT2D eigenvalue weighted by Gasteiger charge is 2.07. The van der Waals surface area contributed by atoms with Crippen LogP contribution in [0.5, 0.6) is 5.75 Å². The molecule has 20 heavy (non-hydrogen) atoms. The van der Waals surface area contributed by atoms with E-state index in [1.807, 2.05) is 24.3 Å². The molecule has 1 atom stereocenters. The SMILES string of the molecule is COc1ccc([C@@H](C)NCc2cc(F)ccc2Br)cc1. The number of ether oxygens (including phenoxy) is 1. The fourth-order valence-corrected chi connectivity index (χ4v) is 2.34. The minimum Gasteiger partial charge on any atom is -0.497 e. The van der Waals surface area contributed by atoms with E-state index < -0.39 is 0 Å². The summed E-state index contributed by atoms with van der Waals surface area (Å²) in [6, 6.07) is 12.8. The van der Waals surface area contributed by atoms with Gasteiger partial charge >= 0.3 is 0 Å². The molecule has 4 heteroatoms. The molecule has 0 unspecified atom stereocenters. The van der Waals surface area contributed by atoms with Gasteiger partial charge in [-0.1, -0.05) is 28.1 Å². The highest BCUT2D eigenvalue weighted by Crippen LogP contribution is 2.20. The van der Waals surface area contributed by atoms with Gasteiger partial charge in [0.25, 0.3) is 0 Å². The second kappa shape index (κ2) is 6.86. The maximum absolute atomic E-state index is 13.2. The molecule has 2 aromatic rings. The summed E-state index contributed by atoms with van der Waals surface area (Å²) >= 11 is 3.43. The van der Waals surface area contributed by atoms with Crippen LogP contribution in [0.25, 0.3) is 0 Å². The van der Waals surface area contributed by atoms with Crippen LogP contribution in [0, 0.1) is 5.82 Å². The smallest absolute Gasteiger partial charge is 0.123 e. The first kappa shape index (κ1) is 15.0. The van der Waals surface area contributed by atoms with Gasteiger partial charge in [-0.15, -0.1) is 0 Å². The summed E-state index contributed by atoms with van der Waals surface area (Å²) in [5.74, 6) is 0.621. The molecule has 2 nitrogen and oxygen atoms in total. The molecule has 0 bridgehead atoms. The minimum absolute atomic E-state index is 0.177. The second-order valence-electron chi connectivity index (χ2n) is 4.61. The van der Waals surface area contributed by atoms with E-state index in [1.54, 1.807) is 13.2 Å². The zero-order valence-electron chi connectivity index (χ0n) is 11.5. The summed E-state index contributed by atoms with van der Waals surface area (Å²) in [6.07, 6.45) is 0. The first-order valence-electron chi connectivity index (χ1n) is 6.41. The molecule has 0 amide bonds. The van der Waals surface area contributed by atoms with Crippen molar-refractivity contribution in [3.63, 3.8) is 0 Å². The fraction of sp³-hybridized carbons (Fsp3) is 0.250. The summed E-state index contributed by atoms with van der Waals surface area (Å²) < 4.78 is 19.3. The van der Waals surface area contributed by atoms with Crippen molar-refractivity contribution in [2.75, 3.05) is 7.11 Å². The van der Waals surface area contributed by atoms with E-state index in [4.69, 9.17) is 4.74 Å². The topological polar surface area (TPSA) is 21.3 Å². The summed E-state index contributed by atoms with van der Waals surface area (Å²) in [5, 5.41) is 3.38. The van der Waals surface area contributed by atoms with E-state index in [2.05, 4.69) is 28.2 Å². The van der Waals surface area contributed by atoms with E-state index in [0.29, 0.717) is 6.54 Å². The monoisotopic (exact) mass is 337 g/mol. The fourth-order valence-electron chi connectivity index (χ4n) is 1.95. The number of rotatable bonds is 5. The van der Waals surface area contributed by atoms with Crippen LogP contribution in [0.15, 0.2) is 46.9 Å². The summed E-state index contributed by atoms with van der Waals surface area (Å²) in [5.41, 5.74) is 2.07. The van der Waals surface area contributed by atoms with Gasteiger partial charge in [-0.2, -0.15) is 0 Å². The molecule has 106 valence electrons. The highest BCUT2D eigenvalue weighted by atomic mass is 79.9. The number of methoxy groups -OCH3 is 1. The number of hydrogen-bond acceptors (Lipinski definition) is 2. The first-order valence-corrected chi connectivity index (χ1v) is 7.20. The Kier molecular flexibility index (Phi) is 5.15. The van der Waals surface area contributed by atoms with Crippen molar-refractivity contribution in [1.82, 2.24) is 5.32 Å². The van der Waals surface area contributed by atoms with Crippen molar-refractivity contribution >= 4 is 15.9 Å². The van der Waals surface area contributed by atoms with Crippen LogP contribution in [-0.4, -0.2) is 7.11 Å². The van der Waals surface area contributed by atoms with Crippen molar-refractivity contribution in [1.29, 1.82) is 0 Å². The zero-order chi connectivity index (χ0) is 14.5. The summed E-state index contributed by atoms with van der Waals surface area (Å²) in [6.45, 7) is 2.68. The quantitative estimate of drug-likeness (QED) is 0.870. The molecule has 2 aromatic carbocycles. The van der Waals surface area contributed by atoms with Crippen LogP contribution >= 0.6 is 15.9 Å². The Hall–Kier alpha value is -1.39. The molecule has 0 radical (unpaired) electrons. The second-order valence-corrected chi connectivity index (χ2v) is 5.47. The standard InChI is InChI=1S/C16H17BrFNO/c1-11(12-3-6-15(20-2)7-4-12)19-10-13-9-14(18)5-8-16(13)17/h3-9,11,19H,10H2,1-2H3/t11-/m1/s1. The summed E-state index contributed by atoms with van der Waals surface area (Å²) in [7, 11) is 1.65. The van der Waals surface area contributed by atoms with E-state index in [9.17, 15) is 4.39 Å². The number of halogens is 2. The van der Waals surface area contributed by atoms with Crippen molar-refractivity contribution in [2.24, 2.45) is 0 Å². The van der Waals surface area contributed by atoms with Crippen molar-refractivity contribution < 1.29 is 9.13 Å². The van der Waals surface area contributed by atoms with Gasteiger partial charge in [-0.05, 0) is 48.4 Å². The third kappa shape index (κ3) is 3.81. The Morgan fingerprint density at radius 3 is 2.55 bits per heavy atom. The average Bonchev–Trinajstić information content (AvgIpc) is 2.48. The lowest BCUT2D eigenvalue weighted by Gasteiger charge is -2.15. The van der Waals surface area contributed by atoms with Gasteiger partial charge in [0.05, 0.1) is 7.11 Å². The molecule has 0 heterocycles. The molecular weight excluding hydrogens is 321 g/mol. The normalized spacial score (nSPS) is 12.2. The largest absolute Gasteiger partial charge is 0.497 e. The van der Waals surface area contributed by atoms with E-state index >= 15 is 0 Å². The van der Waals surface area contributed by atoms with E-state index in [1.165, 1.54) is 17.7 Å². The zero-order valence-corrected chi connectivity index (χ0v) is 13.1. The molecular formula is C16H17BrFNO. The average molecular weight is 338 g/mol. The van der Waals surface area contributed by atoms with Crippen LogP contribution < -0.4 is 10.1 Å². The van der Waals surface area contributed by atoms with Crippen LogP contribution in [0.3, 0.4) is 0 Å². The van der Waals surface area contributed by atoms with Gasteiger partial charge in [0.1, 0.15) is 11.6 Å². The molecule has 0 aliphatic carbocycles. The molecule has 1 N–H and O–H groups in total. The summed E-state index contributed by atoms with van der Waals surface area (Å²) in [4.78, 5) is 0. The molecule has 0 aliphatic heterocycles. The highest BCUT2D eigenvalue weighted by molar-refractivity contribution is 9.10. The molecule has 0 saturated heterocycles. The van der Waals surface area contributed by atoms with Gasteiger partial charge in [-0.3, -0.25) is 0 Å². The van der Waals surface area contributed by atoms with Crippen LogP contribution in [0.1, 0.15) is 24.1 Å². The molecule has 2 rings (SSSR count). The van der Waals surface area contributed by atoms with Crippen molar-refractivity contribution in [2.45, 2.75) is 19.5 Å². The van der Waals surface area contributed by atoms with Crippen LogP contribution in [0.2, 0.25) is 0 Å². The molecule has 0 spiro atoms. The Balaban J connectivity index is 2.00. The molecule has 0 saturated carbocycles. The van der Waals surface area contributed by atoms with Crippen molar-refractivity contribution in [3.8, 4) is 5.75 Å². The number of benzene rings is 2. The Bertz CT molecular complexity index is 571. The molecule has 0 aromatic heterocycles. The molecule has 0 aliphatic rings. The van der Waals surface area contributed by atoms with Crippen LogP contribution in [-0.2, 0) is 6.54 Å². The van der Waals surface area contributed by atoms with Gasteiger partial charge in [0, 0.05) is 17.1 Å². The number of hydrogen-bond donors (Lipinski definition) is 1. The lowest BCUT2D eigenvalue weighted by atomic mass is 10.1. The molecule has 0 fully saturated rings. The predicted molar refractivity (Wildman–Crippen MR) is 82.3 cm³/mol. The van der Waals surface area contributed by atoms with Gasteiger partial charge in [0.15, 0.2) is 0 Å². The maximum atomic E-state index is 13.2. The Labute approximate surface area is 127 Å². The van der Waals surface area contributed by atoms with Crippen LogP contribution in [0.4, 0.5) is 4.39 Å². The Morgan fingerprint density at radius 2 is 1.90 bits per heavy atom. The van der Waals surface area contributed by atoms with E-state index in [0.717, 1.165) is 15.8 Å². The number of nitrogens with one attached hydrogen (secondary N) is 1. The van der Waals surface area contributed by atoms with Gasteiger partial charge in [-0.25, -0.2) is 4.39 Å². The first-order chi connectivity index (χ1) is 9.60. The predicted octanol–water partition coefficient (Wildman–Crippen LogP) is 4.45. The Morgan fingerprint density at radius 1 is 1.20 bits per heavy atom. The maximum Gasteiger partial charge on any atom is 0.123 e. The minimum atomic E-state index is -0.220. The van der Waals surface area contributed by atoms with Gasteiger partial charge in [0.2, 0.25) is 0 Å². The third-order valence-electron chi connectivity index (χ3n) is 3.22. The third-order valence-corrected chi connectivity index (χ3v) is 4.00. The van der Waals surface area contributed by atoms with Crippen molar-refractivity contribution in [3.05, 3.63) is 63.9 Å².